The summed E-state index contributed by atoms with van der Waals surface area (Å²) in [6, 6.07) is 4.63. The van der Waals surface area contributed by atoms with Gasteiger partial charge in [-0.15, -0.1) is 0 Å². The Morgan fingerprint density at radius 2 is 2.18 bits per heavy atom. The molecule has 0 spiro atoms. The van der Waals surface area contributed by atoms with Crippen LogP contribution < -0.4 is 5.32 Å². The van der Waals surface area contributed by atoms with Crippen LogP contribution in [-0.4, -0.2) is 11.5 Å². The predicted molar refractivity (Wildman–Crippen MR) is 69.3 cm³/mol. The molecule has 1 rings (SSSR count). The van der Waals surface area contributed by atoms with Crippen LogP contribution in [0, 0.1) is 16.0 Å². The largest absolute Gasteiger partial charge is 0.312 e. The van der Waals surface area contributed by atoms with Crippen molar-refractivity contribution in [1.82, 2.24) is 5.32 Å². The number of nitro benzene ring substituents is 1. The highest BCUT2D eigenvalue weighted by atomic mass is 35.5. The molecule has 0 aliphatic carbocycles. The summed E-state index contributed by atoms with van der Waals surface area (Å²) in [7, 11) is 0. The molecule has 0 fully saturated rings. The Bertz CT molecular complexity index is 394. The molecule has 1 aromatic rings. The third kappa shape index (κ3) is 4.71. The first-order valence-electron chi connectivity index (χ1n) is 5.64. The van der Waals surface area contributed by atoms with Crippen LogP contribution in [-0.2, 0) is 6.54 Å². The fourth-order valence-electron chi connectivity index (χ4n) is 1.49. The highest BCUT2D eigenvalue weighted by molar-refractivity contribution is 6.30. The van der Waals surface area contributed by atoms with Crippen LogP contribution in [0.2, 0.25) is 5.02 Å². The summed E-state index contributed by atoms with van der Waals surface area (Å²) in [6.45, 7) is 5.61. The molecule has 0 saturated heterocycles. The van der Waals surface area contributed by atoms with Gasteiger partial charge in [0.15, 0.2) is 0 Å². The molecule has 0 bridgehead atoms. The first-order chi connectivity index (χ1) is 8.00. The van der Waals surface area contributed by atoms with Gasteiger partial charge in [-0.2, -0.15) is 0 Å². The topological polar surface area (TPSA) is 55.2 Å². The van der Waals surface area contributed by atoms with Crippen molar-refractivity contribution in [3.8, 4) is 0 Å². The summed E-state index contributed by atoms with van der Waals surface area (Å²) in [5.41, 5.74) is 0.748. The molecule has 17 heavy (non-hydrogen) atoms. The van der Waals surface area contributed by atoms with Crippen LogP contribution in [0.15, 0.2) is 18.2 Å². The van der Waals surface area contributed by atoms with E-state index in [2.05, 4.69) is 19.2 Å². The van der Waals surface area contributed by atoms with Crippen molar-refractivity contribution in [1.29, 1.82) is 0 Å². The molecule has 0 atom stereocenters. The number of benzene rings is 1. The van der Waals surface area contributed by atoms with Crippen LogP contribution in [0.5, 0.6) is 0 Å². The van der Waals surface area contributed by atoms with Gasteiger partial charge in [-0.25, -0.2) is 0 Å². The SMILES string of the molecule is CC(C)CCNCc1cc(Cl)ccc1[N+](=O)[O-]. The van der Waals surface area contributed by atoms with Gasteiger partial charge in [0.05, 0.1) is 4.92 Å². The lowest BCUT2D eigenvalue weighted by atomic mass is 10.1. The van der Waals surface area contributed by atoms with E-state index in [0.29, 0.717) is 23.0 Å². The number of halogens is 1. The van der Waals surface area contributed by atoms with Crippen molar-refractivity contribution in [3.05, 3.63) is 38.9 Å². The maximum absolute atomic E-state index is 10.8. The maximum Gasteiger partial charge on any atom is 0.273 e. The average Bonchev–Trinajstić information content (AvgIpc) is 2.23. The molecule has 94 valence electrons. The van der Waals surface area contributed by atoms with Crippen molar-refractivity contribution in [2.45, 2.75) is 26.8 Å². The van der Waals surface area contributed by atoms with E-state index in [0.717, 1.165) is 13.0 Å². The van der Waals surface area contributed by atoms with Gasteiger partial charge in [0.2, 0.25) is 0 Å². The molecule has 1 N–H and O–H groups in total. The molecule has 0 amide bonds. The Hall–Kier alpha value is -1.13. The van der Waals surface area contributed by atoms with Crippen LogP contribution >= 0.6 is 11.6 Å². The van der Waals surface area contributed by atoms with Crippen LogP contribution in [0.4, 0.5) is 5.69 Å². The number of hydrogen-bond acceptors (Lipinski definition) is 3. The Kier molecular flexibility index (Phi) is 5.38. The lowest BCUT2D eigenvalue weighted by Gasteiger charge is -2.07. The zero-order valence-electron chi connectivity index (χ0n) is 10.1. The second kappa shape index (κ2) is 6.57. The second-order valence-corrected chi connectivity index (χ2v) is 4.83. The highest BCUT2D eigenvalue weighted by Crippen LogP contribution is 2.22. The van der Waals surface area contributed by atoms with Gasteiger partial charge in [0.25, 0.3) is 5.69 Å². The number of nitro groups is 1. The van der Waals surface area contributed by atoms with Crippen LogP contribution in [0.1, 0.15) is 25.8 Å². The van der Waals surface area contributed by atoms with Crippen molar-refractivity contribution in [2.24, 2.45) is 5.92 Å². The van der Waals surface area contributed by atoms with E-state index in [9.17, 15) is 10.1 Å². The summed E-state index contributed by atoms with van der Waals surface area (Å²) >= 11 is 5.83. The molecule has 5 heteroatoms. The quantitative estimate of drug-likeness (QED) is 0.482. The summed E-state index contributed by atoms with van der Waals surface area (Å²) in [5.74, 6) is 0.622. The molecular formula is C12H17ClN2O2. The van der Waals surface area contributed by atoms with Crippen LogP contribution in [0.25, 0.3) is 0 Å². The molecule has 0 aliphatic rings. The highest BCUT2D eigenvalue weighted by Gasteiger charge is 2.13. The van der Waals surface area contributed by atoms with Gasteiger partial charge >= 0.3 is 0 Å². The molecule has 0 radical (unpaired) electrons. The van der Waals surface area contributed by atoms with Gasteiger partial charge in [0, 0.05) is 23.2 Å². The number of nitrogens with zero attached hydrogens (tertiary/aromatic N) is 1. The average molecular weight is 257 g/mol. The summed E-state index contributed by atoms with van der Waals surface area (Å²) in [4.78, 5) is 10.4. The van der Waals surface area contributed by atoms with Crippen molar-refractivity contribution >= 4 is 17.3 Å². The molecule has 0 unspecified atom stereocenters. The van der Waals surface area contributed by atoms with Gasteiger partial charge in [-0.05, 0) is 31.0 Å². The van der Waals surface area contributed by atoms with E-state index in [1.54, 1.807) is 6.07 Å². The Labute approximate surface area is 106 Å². The lowest BCUT2D eigenvalue weighted by Crippen LogP contribution is -2.17. The minimum atomic E-state index is -0.379. The van der Waals surface area contributed by atoms with Crippen molar-refractivity contribution in [2.75, 3.05) is 6.54 Å². The van der Waals surface area contributed by atoms with Gasteiger partial charge in [-0.1, -0.05) is 25.4 Å². The fraction of sp³-hybridized carbons (Fsp3) is 0.500. The molecule has 1 aromatic carbocycles. The number of nitrogens with one attached hydrogen (secondary N) is 1. The van der Waals surface area contributed by atoms with E-state index in [1.165, 1.54) is 12.1 Å². The molecule has 0 aliphatic heterocycles. The summed E-state index contributed by atoms with van der Waals surface area (Å²) < 4.78 is 0. The smallest absolute Gasteiger partial charge is 0.273 e. The van der Waals surface area contributed by atoms with Crippen molar-refractivity contribution < 1.29 is 4.92 Å². The first-order valence-corrected chi connectivity index (χ1v) is 6.02. The van der Waals surface area contributed by atoms with Gasteiger partial charge in [-0.3, -0.25) is 10.1 Å². The molecular weight excluding hydrogens is 240 g/mol. The molecule has 0 heterocycles. The third-order valence-corrected chi connectivity index (χ3v) is 2.69. The fourth-order valence-corrected chi connectivity index (χ4v) is 1.68. The van der Waals surface area contributed by atoms with Crippen molar-refractivity contribution in [3.63, 3.8) is 0 Å². The van der Waals surface area contributed by atoms with Gasteiger partial charge in [0.1, 0.15) is 0 Å². The minimum Gasteiger partial charge on any atom is -0.312 e. The van der Waals surface area contributed by atoms with E-state index in [4.69, 9.17) is 11.6 Å². The first kappa shape index (κ1) is 13.9. The normalized spacial score (nSPS) is 10.8. The molecule has 0 saturated carbocycles. The van der Waals surface area contributed by atoms with E-state index >= 15 is 0 Å². The minimum absolute atomic E-state index is 0.117. The lowest BCUT2D eigenvalue weighted by molar-refractivity contribution is -0.385. The van der Waals surface area contributed by atoms with E-state index < -0.39 is 0 Å². The summed E-state index contributed by atoms with van der Waals surface area (Å²) in [5, 5.41) is 14.5. The molecule has 0 aromatic heterocycles. The maximum atomic E-state index is 10.8. The second-order valence-electron chi connectivity index (χ2n) is 4.39. The van der Waals surface area contributed by atoms with E-state index in [-0.39, 0.29) is 10.6 Å². The zero-order chi connectivity index (χ0) is 12.8. The Morgan fingerprint density at radius 3 is 2.76 bits per heavy atom. The summed E-state index contributed by atoms with van der Waals surface area (Å²) in [6.07, 6.45) is 1.05. The van der Waals surface area contributed by atoms with E-state index in [1.807, 2.05) is 0 Å². The number of rotatable bonds is 6. The standard InChI is InChI=1S/C12H17ClN2O2/c1-9(2)5-6-14-8-10-7-11(13)3-4-12(10)15(16)17/h3-4,7,9,14H,5-6,8H2,1-2H3. The van der Waals surface area contributed by atoms with Gasteiger partial charge < -0.3 is 5.32 Å². The zero-order valence-corrected chi connectivity index (χ0v) is 10.8. The monoisotopic (exact) mass is 256 g/mol. The number of hydrogen-bond donors (Lipinski definition) is 1. The predicted octanol–water partition coefficient (Wildman–Crippen LogP) is 3.38. The van der Waals surface area contributed by atoms with Crippen LogP contribution in [0.3, 0.4) is 0 Å². The molecule has 4 nitrogen and oxygen atoms in total. The Balaban J connectivity index is 2.62. The third-order valence-electron chi connectivity index (χ3n) is 2.45. The Morgan fingerprint density at radius 1 is 1.47 bits per heavy atom.